The van der Waals surface area contributed by atoms with E-state index in [4.69, 9.17) is 0 Å². The Morgan fingerprint density at radius 2 is 2.19 bits per heavy atom. The van der Waals surface area contributed by atoms with Crippen molar-refractivity contribution in [3.63, 3.8) is 0 Å². The second-order valence-electron chi connectivity index (χ2n) is 4.45. The van der Waals surface area contributed by atoms with Gasteiger partial charge in [-0.3, -0.25) is 4.79 Å². The van der Waals surface area contributed by atoms with Crippen LogP contribution in [0.3, 0.4) is 0 Å². The summed E-state index contributed by atoms with van der Waals surface area (Å²) in [5.74, 6) is 0.426. The lowest BCUT2D eigenvalue weighted by Crippen LogP contribution is -2.17. The Bertz CT molecular complexity index is 399. The maximum absolute atomic E-state index is 13.4. The Morgan fingerprint density at radius 3 is 2.81 bits per heavy atom. The summed E-state index contributed by atoms with van der Waals surface area (Å²) in [6.45, 7) is 0. The van der Waals surface area contributed by atoms with Crippen molar-refractivity contribution in [3.8, 4) is 0 Å². The minimum Gasteiger partial charge on any atom is -0.299 e. The smallest absolute Gasteiger partial charge is 0.137 e. The fraction of sp³-hybridized carbons (Fsp3) is 0.462. The standard InChI is InChI=1S/C13H14BrFO/c14-11-4-5-13(15)10(7-11)8-12(16)6-9-2-1-3-9/h4-5,7,9H,1-3,6,8H2. The molecule has 1 nitrogen and oxygen atoms in total. The van der Waals surface area contributed by atoms with Crippen LogP contribution in [-0.4, -0.2) is 5.78 Å². The van der Waals surface area contributed by atoms with Crippen molar-refractivity contribution >= 4 is 21.7 Å². The van der Waals surface area contributed by atoms with Crippen molar-refractivity contribution in [2.24, 2.45) is 5.92 Å². The van der Waals surface area contributed by atoms with Crippen LogP contribution >= 0.6 is 15.9 Å². The number of rotatable bonds is 4. The van der Waals surface area contributed by atoms with E-state index in [1.54, 1.807) is 12.1 Å². The molecule has 0 atom stereocenters. The van der Waals surface area contributed by atoms with E-state index >= 15 is 0 Å². The molecule has 3 heteroatoms. The molecule has 0 radical (unpaired) electrons. The third-order valence-corrected chi connectivity index (χ3v) is 3.63. The van der Waals surface area contributed by atoms with Crippen LogP contribution in [0.25, 0.3) is 0 Å². The normalized spacial score (nSPS) is 15.9. The van der Waals surface area contributed by atoms with Crippen molar-refractivity contribution in [1.82, 2.24) is 0 Å². The molecule has 1 aromatic rings. The Labute approximate surface area is 103 Å². The predicted molar refractivity (Wildman–Crippen MR) is 64.8 cm³/mol. The summed E-state index contributed by atoms with van der Waals surface area (Å²) < 4.78 is 14.2. The maximum Gasteiger partial charge on any atom is 0.137 e. The van der Waals surface area contributed by atoms with Gasteiger partial charge >= 0.3 is 0 Å². The molecule has 0 spiro atoms. The SMILES string of the molecule is O=C(Cc1cc(Br)ccc1F)CC1CCC1. The van der Waals surface area contributed by atoms with Crippen molar-refractivity contribution < 1.29 is 9.18 Å². The zero-order chi connectivity index (χ0) is 11.5. The summed E-state index contributed by atoms with van der Waals surface area (Å²) in [6, 6.07) is 4.74. The van der Waals surface area contributed by atoms with E-state index in [-0.39, 0.29) is 18.0 Å². The van der Waals surface area contributed by atoms with Crippen molar-refractivity contribution in [3.05, 3.63) is 34.1 Å². The predicted octanol–water partition coefficient (Wildman–Crippen LogP) is 3.89. The first-order chi connectivity index (χ1) is 7.65. The highest BCUT2D eigenvalue weighted by Crippen LogP contribution is 2.30. The molecule has 0 N–H and O–H groups in total. The summed E-state index contributed by atoms with van der Waals surface area (Å²) in [4.78, 5) is 11.7. The van der Waals surface area contributed by atoms with E-state index < -0.39 is 0 Å². The Kier molecular flexibility index (Phi) is 3.74. The molecule has 0 amide bonds. The molecule has 0 saturated heterocycles. The topological polar surface area (TPSA) is 17.1 Å². The van der Waals surface area contributed by atoms with E-state index in [9.17, 15) is 9.18 Å². The monoisotopic (exact) mass is 284 g/mol. The average molecular weight is 285 g/mol. The van der Waals surface area contributed by atoms with Crippen LogP contribution in [0.15, 0.2) is 22.7 Å². The fourth-order valence-corrected chi connectivity index (χ4v) is 2.39. The fourth-order valence-electron chi connectivity index (χ4n) is 1.98. The molecule has 1 saturated carbocycles. The number of hydrogen-bond acceptors (Lipinski definition) is 1. The lowest BCUT2D eigenvalue weighted by atomic mass is 9.81. The van der Waals surface area contributed by atoms with Gasteiger partial charge in [-0.2, -0.15) is 0 Å². The van der Waals surface area contributed by atoms with Gasteiger partial charge in [0.25, 0.3) is 0 Å². The van der Waals surface area contributed by atoms with E-state index in [0.717, 1.165) is 17.3 Å². The molecule has 0 heterocycles. The summed E-state index contributed by atoms with van der Waals surface area (Å²) in [6.07, 6.45) is 4.40. The molecular weight excluding hydrogens is 271 g/mol. The first-order valence-electron chi connectivity index (χ1n) is 5.61. The average Bonchev–Trinajstić information content (AvgIpc) is 2.18. The minimum atomic E-state index is -0.287. The van der Waals surface area contributed by atoms with Gasteiger partial charge in [-0.1, -0.05) is 35.2 Å². The Hall–Kier alpha value is -0.700. The van der Waals surface area contributed by atoms with E-state index in [2.05, 4.69) is 15.9 Å². The molecule has 0 aromatic heterocycles. The highest BCUT2D eigenvalue weighted by Gasteiger charge is 2.21. The van der Waals surface area contributed by atoms with Crippen LogP contribution in [0.5, 0.6) is 0 Å². The van der Waals surface area contributed by atoms with Crippen molar-refractivity contribution in [1.29, 1.82) is 0 Å². The lowest BCUT2D eigenvalue weighted by Gasteiger charge is -2.24. The summed E-state index contributed by atoms with van der Waals surface area (Å²) >= 11 is 3.28. The molecule has 16 heavy (non-hydrogen) atoms. The van der Waals surface area contributed by atoms with Crippen LogP contribution in [0, 0.1) is 11.7 Å². The van der Waals surface area contributed by atoms with Crippen molar-refractivity contribution in [2.75, 3.05) is 0 Å². The lowest BCUT2D eigenvalue weighted by molar-refractivity contribution is -0.119. The Morgan fingerprint density at radius 1 is 1.44 bits per heavy atom. The highest BCUT2D eigenvalue weighted by molar-refractivity contribution is 9.10. The minimum absolute atomic E-state index is 0.154. The molecule has 1 fully saturated rings. The summed E-state index contributed by atoms with van der Waals surface area (Å²) in [7, 11) is 0. The molecule has 1 aliphatic rings. The zero-order valence-electron chi connectivity index (χ0n) is 9.01. The number of Topliss-reactive ketones (excluding diaryl/α,β-unsaturated/α-hetero) is 1. The van der Waals surface area contributed by atoms with Gasteiger partial charge in [0.05, 0.1) is 0 Å². The van der Waals surface area contributed by atoms with E-state index in [0.29, 0.717) is 17.9 Å². The van der Waals surface area contributed by atoms with Gasteiger partial charge in [-0.05, 0) is 29.7 Å². The molecular formula is C13H14BrFO. The van der Waals surface area contributed by atoms with Crippen LogP contribution in [0.2, 0.25) is 0 Å². The van der Waals surface area contributed by atoms with Crippen LogP contribution in [0.1, 0.15) is 31.2 Å². The van der Waals surface area contributed by atoms with Crippen LogP contribution < -0.4 is 0 Å². The number of halogens is 2. The van der Waals surface area contributed by atoms with Crippen LogP contribution in [0.4, 0.5) is 4.39 Å². The number of ketones is 1. The Balaban J connectivity index is 1.96. The van der Waals surface area contributed by atoms with Crippen LogP contribution in [-0.2, 0) is 11.2 Å². The van der Waals surface area contributed by atoms with Crippen molar-refractivity contribution in [2.45, 2.75) is 32.1 Å². The number of hydrogen-bond donors (Lipinski definition) is 0. The quantitative estimate of drug-likeness (QED) is 0.820. The largest absolute Gasteiger partial charge is 0.299 e. The molecule has 1 aromatic carbocycles. The van der Waals surface area contributed by atoms with Gasteiger partial charge in [0.1, 0.15) is 11.6 Å². The summed E-state index contributed by atoms with van der Waals surface area (Å²) in [5.41, 5.74) is 0.499. The molecule has 86 valence electrons. The number of benzene rings is 1. The van der Waals surface area contributed by atoms with Gasteiger partial charge in [-0.25, -0.2) is 4.39 Å². The molecule has 2 rings (SSSR count). The van der Waals surface area contributed by atoms with Gasteiger partial charge in [0.15, 0.2) is 0 Å². The second-order valence-corrected chi connectivity index (χ2v) is 5.37. The first-order valence-corrected chi connectivity index (χ1v) is 6.40. The summed E-state index contributed by atoms with van der Waals surface area (Å²) in [5, 5.41) is 0. The second kappa shape index (κ2) is 5.09. The van der Waals surface area contributed by atoms with E-state index in [1.165, 1.54) is 12.5 Å². The van der Waals surface area contributed by atoms with E-state index in [1.807, 2.05) is 0 Å². The van der Waals surface area contributed by atoms with Gasteiger partial charge in [-0.15, -0.1) is 0 Å². The third-order valence-electron chi connectivity index (χ3n) is 3.14. The number of carbonyl (C=O) groups is 1. The van der Waals surface area contributed by atoms with Gasteiger partial charge in [0.2, 0.25) is 0 Å². The number of carbonyl (C=O) groups excluding carboxylic acids is 1. The molecule has 0 bridgehead atoms. The molecule has 1 aliphatic carbocycles. The van der Waals surface area contributed by atoms with Gasteiger partial charge < -0.3 is 0 Å². The first kappa shape index (κ1) is 11.8. The highest BCUT2D eigenvalue weighted by atomic mass is 79.9. The molecule has 0 unspecified atom stereocenters. The zero-order valence-corrected chi connectivity index (χ0v) is 10.6. The third kappa shape index (κ3) is 2.91. The molecule has 0 aliphatic heterocycles. The van der Waals surface area contributed by atoms with Gasteiger partial charge in [0, 0.05) is 17.3 Å². The maximum atomic E-state index is 13.4.